The van der Waals surface area contributed by atoms with E-state index < -0.39 is 0 Å². The first kappa shape index (κ1) is 13.8. The summed E-state index contributed by atoms with van der Waals surface area (Å²) in [5.74, 6) is 0.899. The molecule has 0 saturated heterocycles. The number of nitrogens with one attached hydrogen (secondary N) is 1. The van der Waals surface area contributed by atoms with Crippen molar-refractivity contribution < 1.29 is 9.84 Å². The van der Waals surface area contributed by atoms with Gasteiger partial charge < -0.3 is 15.2 Å². The molecule has 0 amide bonds. The van der Waals surface area contributed by atoms with E-state index in [2.05, 4.69) is 18.3 Å². The van der Waals surface area contributed by atoms with Crippen LogP contribution >= 0.6 is 0 Å². The number of unbranched alkanes of at least 4 members (excludes halogenated alkanes) is 3. The summed E-state index contributed by atoms with van der Waals surface area (Å²) in [6.45, 7) is 3.38. The van der Waals surface area contributed by atoms with Gasteiger partial charge in [0.05, 0.1) is 7.11 Å². The zero-order valence-corrected chi connectivity index (χ0v) is 10.8. The normalized spacial score (nSPS) is 10.3. The van der Waals surface area contributed by atoms with Crippen molar-refractivity contribution >= 4 is 5.69 Å². The number of hydrogen-bond acceptors (Lipinski definition) is 3. The van der Waals surface area contributed by atoms with Gasteiger partial charge in [0.1, 0.15) is 5.75 Å². The van der Waals surface area contributed by atoms with Gasteiger partial charge in [0.15, 0.2) is 0 Å². The molecule has 0 heterocycles. The molecule has 2 N–H and O–H groups in total. The van der Waals surface area contributed by atoms with Crippen LogP contribution < -0.4 is 10.1 Å². The van der Waals surface area contributed by atoms with E-state index in [1.54, 1.807) is 7.11 Å². The fourth-order valence-corrected chi connectivity index (χ4v) is 1.77. The molecule has 17 heavy (non-hydrogen) atoms. The highest BCUT2D eigenvalue weighted by molar-refractivity contribution is 5.53. The summed E-state index contributed by atoms with van der Waals surface area (Å²) in [5, 5.41) is 12.1. The summed E-state index contributed by atoms with van der Waals surface area (Å²) < 4.78 is 5.17. The van der Waals surface area contributed by atoms with Crippen LogP contribution in [0, 0.1) is 6.92 Å². The lowest BCUT2D eigenvalue weighted by atomic mass is 10.1. The molecule has 0 atom stereocenters. The molecule has 0 spiro atoms. The number of aryl methyl sites for hydroxylation is 1. The number of anilines is 1. The molecule has 0 saturated carbocycles. The summed E-state index contributed by atoms with van der Waals surface area (Å²) in [7, 11) is 1.68. The number of hydrogen-bond donors (Lipinski definition) is 2. The Labute approximate surface area is 104 Å². The van der Waals surface area contributed by atoms with Crippen LogP contribution in [0.2, 0.25) is 0 Å². The fourth-order valence-electron chi connectivity index (χ4n) is 1.77. The molecule has 96 valence electrons. The lowest BCUT2D eigenvalue weighted by molar-refractivity contribution is 0.283. The zero-order chi connectivity index (χ0) is 12.5. The molecule has 0 unspecified atom stereocenters. The lowest BCUT2D eigenvalue weighted by Crippen LogP contribution is -2.03. The first-order valence-corrected chi connectivity index (χ1v) is 6.27. The third-order valence-electron chi connectivity index (χ3n) is 2.83. The van der Waals surface area contributed by atoms with Crippen LogP contribution in [-0.4, -0.2) is 25.4 Å². The molecule has 0 aliphatic heterocycles. The highest BCUT2D eigenvalue weighted by Gasteiger charge is 1.99. The van der Waals surface area contributed by atoms with Crippen LogP contribution in [0.15, 0.2) is 18.2 Å². The quantitative estimate of drug-likeness (QED) is 0.683. The van der Waals surface area contributed by atoms with Gasteiger partial charge >= 0.3 is 0 Å². The van der Waals surface area contributed by atoms with Gasteiger partial charge in [-0.25, -0.2) is 0 Å². The van der Waals surface area contributed by atoms with Crippen molar-refractivity contribution in [2.75, 3.05) is 25.6 Å². The summed E-state index contributed by atoms with van der Waals surface area (Å²) in [6.07, 6.45) is 4.34. The second-order valence-corrected chi connectivity index (χ2v) is 4.25. The molecule has 0 aliphatic rings. The van der Waals surface area contributed by atoms with E-state index in [1.165, 1.54) is 17.7 Å². The van der Waals surface area contributed by atoms with Gasteiger partial charge in [-0.3, -0.25) is 0 Å². The Morgan fingerprint density at radius 2 is 1.94 bits per heavy atom. The first-order chi connectivity index (χ1) is 8.27. The number of ether oxygens (including phenoxy) is 1. The number of rotatable bonds is 8. The minimum atomic E-state index is 0.311. The summed E-state index contributed by atoms with van der Waals surface area (Å²) in [5.41, 5.74) is 2.38. The molecule has 3 nitrogen and oxygen atoms in total. The van der Waals surface area contributed by atoms with Crippen molar-refractivity contribution in [1.29, 1.82) is 0 Å². The molecule has 0 fully saturated rings. The van der Waals surface area contributed by atoms with Crippen LogP contribution in [0.25, 0.3) is 0 Å². The fraction of sp³-hybridized carbons (Fsp3) is 0.571. The van der Waals surface area contributed by atoms with E-state index in [-0.39, 0.29) is 0 Å². The van der Waals surface area contributed by atoms with Crippen LogP contribution in [0.4, 0.5) is 5.69 Å². The molecule has 0 bridgehead atoms. The molecule has 1 aromatic rings. The maximum absolute atomic E-state index is 8.66. The van der Waals surface area contributed by atoms with E-state index in [0.29, 0.717) is 6.61 Å². The van der Waals surface area contributed by atoms with Crippen LogP contribution in [-0.2, 0) is 0 Å². The van der Waals surface area contributed by atoms with Gasteiger partial charge in [0.2, 0.25) is 0 Å². The number of aliphatic hydroxyl groups excluding tert-OH is 1. The van der Waals surface area contributed by atoms with E-state index >= 15 is 0 Å². The number of aliphatic hydroxyl groups is 1. The summed E-state index contributed by atoms with van der Waals surface area (Å²) >= 11 is 0. The number of methoxy groups -OCH3 is 1. The van der Waals surface area contributed by atoms with E-state index in [0.717, 1.165) is 31.6 Å². The molecule has 0 aliphatic carbocycles. The summed E-state index contributed by atoms with van der Waals surface area (Å²) in [4.78, 5) is 0. The highest BCUT2D eigenvalue weighted by atomic mass is 16.5. The smallest absolute Gasteiger partial charge is 0.119 e. The third-order valence-corrected chi connectivity index (χ3v) is 2.83. The van der Waals surface area contributed by atoms with Crippen molar-refractivity contribution in [3.63, 3.8) is 0 Å². The minimum Gasteiger partial charge on any atom is -0.497 e. The average molecular weight is 237 g/mol. The highest BCUT2D eigenvalue weighted by Crippen LogP contribution is 2.20. The minimum absolute atomic E-state index is 0.311. The Morgan fingerprint density at radius 1 is 1.18 bits per heavy atom. The molecular weight excluding hydrogens is 214 g/mol. The topological polar surface area (TPSA) is 41.5 Å². The molecule has 3 heteroatoms. The number of benzene rings is 1. The van der Waals surface area contributed by atoms with Gasteiger partial charge in [-0.05, 0) is 43.5 Å². The van der Waals surface area contributed by atoms with Gasteiger partial charge in [-0.1, -0.05) is 12.8 Å². The SMILES string of the molecule is COc1ccc(NCCCCCCO)c(C)c1. The van der Waals surface area contributed by atoms with Crippen molar-refractivity contribution in [2.24, 2.45) is 0 Å². The van der Waals surface area contributed by atoms with E-state index in [4.69, 9.17) is 9.84 Å². The van der Waals surface area contributed by atoms with Crippen molar-refractivity contribution in [3.05, 3.63) is 23.8 Å². The molecule has 0 radical (unpaired) electrons. The van der Waals surface area contributed by atoms with Crippen molar-refractivity contribution in [3.8, 4) is 5.75 Å². The Kier molecular flexibility index (Phi) is 6.48. The third kappa shape index (κ3) is 5.09. The van der Waals surface area contributed by atoms with Crippen LogP contribution in [0.5, 0.6) is 5.75 Å². The predicted molar refractivity (Wildman–Crippen MR) is 71.8 cm³/mol. The van der Waals surface area contributed by atoms with Crippen molar-refractivity contribution in [2.45, 2.75) is 32.6 Å². The Hall–Kier alpha value is -1.22. The molecular formula is C14H23NO2. The second kappa shape index (κ2) is 7.96. The van der Waals surface area contributed by atoms with Gasteiger partial charge in [0, 0.05) is 18.8 Å². The van der Waals surface area contributed by atoms with Crippen LogP contribution in [0.3, 0.4) is 0 Å². The Balaban J connectivity index is 2.27. The van der Waals surface area contributed by atoms with Crippen molar-refractivity contribution in [1.82, 2.24) is 0 Å². The molecule has 0 aromatic heterocycles. The van der Waals surface area contributed by atoms with E-state index in [9.17, 15) is 0 Å². The maximum atomic E-state index is 8.66. The monoisotopic (exact) mass is 237 g/mol. The van der Waals surface area contributed by atoms with Gasteiger partial charge in [0.25, 0.3) is 0 Å². The largest absolute Gasteiger partial charge is 0.497 e. The standard InChI is InChI=1S/C14H23NO2/c1-12-11-13(17-2)7-8-14(12)15-9-5-3-4-6-10-16/h7-8,11,15-16H,3-6,9-10H2,1-2H3. The Bertz CT molecular complexity index is 326. The molecule has 1 aromatic carbocycles. The summed E-state index contributed by atoms with van der Waals surface area (Å²) in [6, 6.07) is 6.07. The predicted octanol–water partition coefficient (Wildman–Crippen LogP) is 2.97. The first-order valence-electron chi connectivity index (χ1n) is 6.27. The lowest BCUT2D eigenvalue weighted by Gasteiger charge is -2.10. The Morgan fingerprint density at radius 3 is 2.59 bits per heavy atom. The van der Waals surface area contributed by atoms with Gasteiger partial charge in [-0.15, -0.1) is 0 Å². The van der Waals surface area contributed by atoms with Gasteiger partial charge in [-0.2, -0.15) is 0 Å². The second-order valence-electron chi connectivity index (χ2n) is 4.25. The molecule has 1 rings (SSSR count). The average Bonchev–Trinajstić information content (AvgIpc) is 2.35. The maximum Gasteiger partial charge on any atom is 0.119 e. The zero-order valence-electron chi connectivity index (χ0n) is 10.8. The van der Waals surface area contributed by atoms with Crippen LogP contribution in [0.1, 0.15) is 31.2 Å². The van der Waals surface area contributed by atoms with E-state index in [1.807, 2.05) is 12.1 Å².